The highest BCUT2D eigenvalue weighted by Crippen LogP contribution is 2.25. The Balaban J connectivity index is 1.50. The normalized spacial score (nSPS) is 12.3. The number of rotatable bonds is 12. The van der Waals surface area contributed by atoms with E-state index in [1.165, 1.54) is 17.7 Å². The Kier molecular flexibility index (Phi) is 11.1. The predicted molar refractivity (Wildman–Crippen MR) is 151 cm³/mol. The first-order chi connectivity index (χ1) is 17.9. The van der Waals surface area contributed by atoms with Crippen molar-refractivity contribution in [2.24, 2.45) is 10.7 Å². The van der Waals surface area contributed by atoms with Gasteiger partial charge >= 0.3 is 0 Å². The van der Waals surface area contributed by atoms with Gasteiger partial charge in [-0.3, -0.25) is 15.1 Å². The van der Waals surface area contributed by atoms with Crippen molar-refractivity contribution in [2.75, 3.05) is 20.2 Å². The summed E-state index contributed by atoms with van der Waals surface area (Å²) in [6.07, 6.45) is 2.58. The van der Waals surface area contributed by atoms with Crippen LogP contribution in [0.4, 0.5) is 4.39 Å². The van der Waals surface area contributed by atoms with E-state index < -0.39 is 11.7 Å². The van der Waals surface area contributed by atoms with E-state index in [4.69, 9.17) is 10.5 Å². The number of aryl methyl sites for hydroxylation is 1. The summed E-state index contributed by atoms with van der Waals surface area (Å²) in [5, 5.41) is 6.09. The minimum atomic E-state index is -0.477. The van der Waals surface area contributed by atoms with E-state index >= 15 is 0 Å². The quantitative estimate of drug-likeness (QED) is 0.152. The third-order valence-electron chi connectivity index (χ3n) is 6.11. The Morgan fingerprint density at radius 3 is 2.62 bits per heavy atom. The van der Waals surface area contributed by atoms with Crippen molar-refractivity contribution in [2.45, 2.75) is 38.6 Å². The van der Waals surface area contributed by atoms with Crippen LogP contribution in [0.15, 0.2) is 76.2 Å². The number of halogens is 2. The van der Waals surface area contributed by atoms with E-state index in [9.17, 15) is 9.18 Å². The molecule has 0 bridgehead atoms. The molecule has 0 aliphatic heterocycles. The lowest BCUT2D eigenvalue weighted by Gasteiger charge is -2.14. The summed E-state index contributed by atoms with van der Waals surface area (Å²) in [5.74, 6) is -0.171. The number of carbonyl (C=O) groups excluding carboxylic acids is 1. The first-order valence-electron chi connectivity index (χ1n) is 12.4. The van der Waals surface area contributed by atoms with Gasteiger partial charge in [-0.15, -0.1) is 0 Å². The molecule has 0 spiro atoms. The SMILES string of the molecule is COc1ccc(Br)cc1CCc1c(F)cccc1C(=O)NC(N)=NCCCCN[C@H](C)c1ccccc1. The maximum absolute atomic E-state index is 14.7. The molecule has 0 fully saturated rings. The highest BCUT2D eigenvalue weighted by Gasteiger charge is 2.17. The number of hydrogen-bond acceptors (Lipinski definition) is 4. The fourth-order valence-corrected chi connectivity index (χ4v) is 4.47. The summed E-state index contributed by atoms with van der Waals surface area (Å²) in [5.41, 5.74) is 8.68. The maximum atomic E-state index is 14.7. The number of guanidine groups is 1. The number of carbonyl (C=O) groups is 1. The van der Waals surface area contributed by atoms with Crippen molar-refractivity contribution < 1.29 is 13.9 Å². The van der Waals surface area contributed by atoms with Crippen molar-refractivity contribution >= 4 is 27.8 Å². The van der Waals surface area contributed by atoms with E-state index in [2.05, 4.69) is 50.6 Å². The van der Waals surface area contributed by atoms with Crippen LogP contribution in [-0.4, -0.2) is 32.1 Å². The molecule has 1 atom stereocenters. The Morgan fingerprint density at radius 1 is 1.08 bits per heavy atom. The van der Waals surface area contributed by atoms with E-state index in [0.717, 1.165) is 29.4 Å². The van der Waals surface area contributed by atoms with Crippen LogP contribution in [0.5, 0.6) is 5.75 Å². The van der Waals surface area contributed by atoms with Gasteiger partial charge in [0.1, 0.15) is 11.6 Å². The summed E-state index contributed by atoms with van der Waals surface area (Å²) in [7, 11) is 1.60. The van der Waals surface area contributed by atoms with Crippen LogP contribution in [0.1, 0.15) is 52.9 Å². The van der Waals surface area contributed by atoms with Gasteiger partial charge in [-0.2, -0.15) is 0 Å². The monoisotopic (exact) mass is 568 g/mol. The Morgan fingerprint density at radius 2 is 1.86 bits per heavy atom. The van der Waals surface area contributed by atoms with Gasteiger partial charge in [0.15, 0.2) is 5.96 Å². The summed E-state index contributed by atoms with van der Waals surface area (Å²) >= 11 is 3.46. The Hall–Kier alpha value is -3.23. The number of nitrogens with two attached hydrogens (primary N) is 1. The topological polar surface area (TPSA) is 88.7 Å². The molecular formula is C29H34BrFN4O2. The summed E-state index contributed by atoms with van der Waals surface area (Å²) in [6.45, 7) is 3.48. The zero-order valence-corrected chi connectivity index (χ0v) is 22.9. The summed E-state index contributed by atoms with van der Waals surface area (Å²) in [4.78, 5) is 17.1. The van der Waals surface area contributed by atoms with Gasteiger partial charge in [-0.25, -0.2) is 4.39 Å². The molecule has 0 unspecified atom stereocenters. The number of nitrogens with one attached hydrogen (secondary N) is 2. The molecule has 6 nitrogen and oxygen atoms in total. The van der Waals surface area contributed by atoms with E-state index in [1.807, 2.05) is 36.4 Å². The van der Waals surface area contributed by atoms with Crippen LogP contribution in [0, 0.1) is 5.82 Å². The number of unbranched alkanes of at least 4 members (excludes halogenated alkanes) is 1. The van der Waals surface area contributed by atoms with Crippen molar-refractivity contribution in [1.29, 1.82) is 0 Å². The number of ether oxygens (including phenoxy) is 1. The average molecular weight is 570 g/mol. The molecule has 0 aliphatic carbocycles. The average Bonchev–Trinajstić information content (AvgIpc) is 2.90. The van der Waals surface area contributed by atoms with Gasteiger partial charge in [0.05, 0.1) is 7.11 Å². The molecule has 0 radical (unpaired) electrons. The van der Waals surface area contributed by atoms with Crippen LogP contribution in [0.25, 0.3) is 0 Å². The molecule has 4 N–H and O–H groups in total. The fourth-order valence-electron chi connectivity index (χ4n) is 4.07. The third-order valence-corrected chi connectivity index (χ3v) is 6.60. The highest BCUT2D eigenvalue weighted by atomic mass is 79.9. The van der Waals surface area contributed by atoms with Gasteiger partial charge in [0.2, 0.25) is 0 Å². The molecule has 3 aromatic rings. The van der Waals surface area contributed by atoms with Crippen LogP contribution >= 0.6 is 15.9 Å². The van der Waals surface area contributed by atoms with Crippen molar-refractivity contribution in [3.63, 3.8) is 0 Å². The van der Waals surface area contributed by atoms with Crippen LogP contribution < -0.4 is 21.1 Å². The molecule has 37 heavy (non-hydrogen) atoms. The first kappa shape index (κ1) is 28.3. The van der Waals surface area contributed by atoms with E-state index in [1.54, 1.807) is 13.2 Å². The molecule has 0 aliphatic rings. The second-order valence-corrected chi connectivity index (χ2v) is 9.65. The number of hydrogen-bond donors (Lipinski definition) is 3. The highest BCUT2D eigenvalue weighted by molar-refractivity contribution is 9.10. The lowest BCUT2D eigenvalue weighted by molar-refractivity contribution is 0.0975. The molecule has 0 heterocycles. The fraction of sp³-hybridized carbons (Fsp3) is 0.310. The molecule has 1 amide bonds. The second-order valence-electron chi connectivity index (χ2n) is 8.74. The maximum Gasteiger partial charge on any atom is 0.258 e. The van der Waals surface area contributed by atoms with Gasteiger partial charge in [-0.05, 0) is 80.6 Å². The lowest BCUT2D eigenvalue weighted by atomic mass is 9.98. The zero-order valence-electron chi connectivity index (χ0n) is 21.3. The minimum absolute atomic E-state index is 0.0273. The number of benzene rings is 3. The second kappa shape index (κ2) is 14.5. The Labute approximate surface area is 226 Å². The molecule has 8 heteroatoms. The van der Waals surface area contributed by atoms with Crippen LogP contribution in [0.2, 0.25) is 0 Å². The summed E-state index contributed by atoms with van der Waals surface area (Å²) in [6, 6.07) is 20.7. The van der Waals surface area contributed by atoms with Gasteiger partial charge in [-0.1, -0.05) is 52.3 Å². The Bertz CT molecular complexity index is 1200. The number of amides is 1. The van der Waals surface area contributed by atoms with Gasteiger partial charge in [0.25, 0.3) is 5.91 Å². The number of nitrogens with zero attached hydrogens (tertiary/aromatic N) is 1. The molecule has 3 rings (SSSR count). The molecular weight excluding hydrogens is 535 g/mol. The minimum Gasteiger partial charge on any atom is -0.496 e. The lowest BCUT2D eigenvalue weighted by Crippen LogP contribution is -2.37. The molecule has 3 aromatic carbocycles. The number of methoxy groups -OCH3 is 1. The van der Waals surface area contributed by atoms with Crippen LogP contribution in [0.3, 0.4) is 0 Å². The van der Waals surface area contributed by atoms with E-state index in [0.29, 0.717) is 30.7 Å². The zero-order chi connectivity index (χ0) is 26.6. The van der Waals surface area contributed by atoms with Gasteiger partial charge < -0.3 is 15.8 Å². The standard InChI is InChI=1S/C29H34BrFN4O2/c1-20(21-9-4-3-5-10-21)33-17-6-7-18-34-29(32)35-28(36)25-11-8-12-26(31)24(25)15-13-22-19-23(30)14-16-27(22)37-2/h3-5,8-12,14,16,19-20,33H,6-7,13,15,17-18H2,1-2H3,(H3,32,34,35,36)/t20-/m1/s1. The van der Waals surface area contributed by atoms with Crippen molar-refractivity contribution in [1.82, 2.24) is 10.6 Å². The molecule has 196 valence electrons. The van der Waals surface area contributed by atoms with Crippen LogP contribution in [-0.2, 0) is 12.8 Å². The predicted octanol–water partition coefficient (Wildman–Crippen LogP) is 5.56. The third kappa shape index (κ3) is 8.68. The van der Waals surface area contributed by atoms with Crippen molar-refractivity contribution in [3.8, 4) is 5.75 Å². The first-order valence-corrected chi connectivity index (χ1v) is 13.2. The van der Waals surface area contributed by atoms with E-state index in [-0.39, 0.29) is 17.6 Å². The van der Waals surface area contributed by atoms with Crippen molar-refractivity contribution in [3.05, 3.63) is 99.3 Å². The smallest absolute Gasteiger partial charge is 0.258 e. The molecule has 0 saturated heterocycles. The molecule has 0 aromatic heterocycles. The molecule has 0 saturated carbocycles. The summed E-state index contributed by atoms with van der Waals surface area (Å²) < 4.78 is 21.0. The largest absolute Gasteiger partial charge is 0.496 e. The van der Waals surface area contributed by atoms with Gasteiger partial charge in [0, 0.05) is 28.2 Å². The number of aliphatic imine (C=N–C) groups is 1.